The monoisotopic (exact) mass is 467 g/mol. The van der Waals surface area contributed by atoms with Crippen LogP contribution in [0.25, 0.3) is 0 Å². The fourth-order valence-corrected chi connectivity index (χ4v) is 4.48. The largest absolute Gasteiger partial charge is 0.368 e. The summed E-state index contributed by atoms with van der Waals surface area (Å²) in [6.07, 6.45) is 0. The van der Waals surface area contributed by atoms with Crippen LogP contribution in [-0.2, 0) is 4.79 Å². The van der Waals surface area contributed by atoms with E-state index in [1.807, 2.05) is 24.3 Å². The van der Waals surface area contributed by atoms with Gasteiger partial charge in [-0.1, -0.05) is 47.6 Å². The lowest BCUT2D eigenvalue weighted by Crippen LogP contribution is -2.47. The predicted octanol–water partition coefficient (Wildman–Crippen LogP) is 4.80. The zero-order chi connectivity index (χ0) is 22.5. The number of rotatable bonds is 6. The highest BCUT2D eigenvalue weighted by molar-refractivity contribution is 7.99. The lowest BCUT2D eigenvalue weighted by molar-refractivity contribution is -0.113. The molecule has 0 unspecified atom stereocenters. The van der Waals surface area contributed by atoms with Crippen molar-refractivity contribution in [1.82, 2.24) is 10.2 Å². The Bertz CT molecular complexity index is 1080. The van der Waals surface area contributed by atoms with Crippen molar-refractivity contribution in [2.45, 2.75) is 18.9 Å². The molecule has 0 atom stereocenters. The maximum absolute atomic E-state index is 12.2. The van der Waals surface area contributed by atoms with Crippen molar-refractivity contribution in [3.05, 3.63) is 70.7 Å². The first-order valence-corrected chi connectivity index (χ1v) is 11.9. The Balaban J connectivity index is 1.28. The third-order valence-electron chi connectivity index (χ3n) is 5.43. The molecule has 0 radical (unpaired) electrons. The zero-order valence-corrected chi connectivity index (χ0v) is 19.8. The molecule has 0 bridgehead atoms. The number of hydrogen-bond acceptors (Lipinski definition) is 6. The first-order chi connectivity index (χ1) is 15.5. The van der Waals surface area contributed by atoms with E-state index in [4.69, 9.17) is 11.6 Å². The smallest absolute Gasteiger partial charge is 0.234 e. The molecule has 2 aromatic carbocycles. The van der Waals surface area contributed by atoms with Crippen LogP contribution in [0.15, 0.2) is 59.6 Å². The summed E-state index contributed by atoms with van der Waals surface area (Å²) in [5.41, 5.74) is 4.52. The van der Waals surface area contributed by atoms with Crippen LogP contribution in [0, 0.1) is 13.8 Å². The molecule has 3 aromatic rings. The second-order valence-corrected chi connectivity index (χ2v) is 9.21. The number of aromatic nitrogens is 2. The lowest BCUT2D eigenvalue weighted by Gasteiger charge is -2.37. The number of piperazine rings is 1. The molecule has 0 aliphatic carbocycles. The van der Waals surface area contributed by atoms with Crippen LogP contribution < -0.4 is 15.1 Å². The Kier molecular flexibility index (Phi) is 7.17. The van der Waals surface area contributed by atoms with Crippen LogP contribution in [0.5, 0.6) is 0 Å². The molecule has 1 saturated heterocycles. The van der Waals surface area contributed by atoms with Gasteiger partial charge in [-0.15, -0.1) is 10.2 Å². The van der Waals surface area contributed by atoms with Crippen LogP contribution in [-0.4, -0.2) is 48.0 Å². The van der Waals surface area contributed by atoms with Gasteiger partial charge in [-0.2, -0.15) is 0 Å². The third-order valence-corrected chi connectivity index (χ3v) is 6.68. The van der Waals surface area contributed by atoms with Crippen molar-refractivity contribution < 1.29 is 4.79 Å². The summed E-state index contributed by atoms with van der Waals surface area (Å²) >= 11 is 7.44. The number of nitrogens with one attached hydrogen (secondary N) is 1. The molecule has 1 aliphatic heterocycles. The number of benzene rings is 2. The van der Waals surface area contributed by atoms with Crippen molar-refractivity contribution in [2.75, 3.05) is 47.0 Å². The number of carbonyl (C=O) groups is 1. The summed E-state index contributed by atoms with van der Waals surface area (Å²) in [6.45, 7) is 7.99. The SMILES string of the molecule is Cc1ccc(C)c(N2CCN(c3ccc(SCC(=O)Nc4ccccc4Cl)nn3)CC2)c1. The highest BCUT2D eigenvalue weighted by Crippen LogP contribution is 2.25. The van der Waals surface area contributed by atoms with Crippen molar-refractivity contribution in [3.63, 3.8) is 0 Å². The van der Waals surface area contributed by atoms with Crippen LogP contribution in [0.1, 0.15) is 11.1 Å². The fraction of sp³-hybridized carbons (Fsp3) is 0.292. The number of anilines is 3. The van der Waals surface area contributed by atoms with Gasteiger partial charge < -0.3 is 15.1 Å². The topological polar surface area (TPSA) is 61.4 Å². The van der Waals surface area contributed by atoms with Gasteiger partial charge in [0.1, 0.15) is 5.03 Å². The van der Waals surface area contributed by atoms with E-state index >= 15 is 0 Å². The average molecular weight is 468 g/mol. The molecule has 1 fully saturated rings. The second-order valence-electron chi connectivity index (χ2n) is 7.81. The van der Waals surface area contributed by atoms with E-state index in [1.165, 1.54) is 28.6 Å². The maximum Gasteiger partial charge on any atom is 0.234 e. The highest BCUT2D eigenvalue weighted by atomic mass is 35.5. The standard InChI is InChI=1S/C24H26ClN5OS/c1-17-7-8-18(2)21(15-17)29-11-13-30(14-12-29)22-9-10-24(28-27-22)32-16-23(31)26-20-6-4-3-5-19(20)25/h3-10,15H,11-14,16H2,1-2H3,(H,26,31). The van der Waals surface area contributed by atoms with E-state index in [-0.39, 0.29) is 11.7 Å². The number of hydrogen-bond donors (Lipinski definition) is 1. The molecule has 1 aromatic heterocycles. The van der Waals surface area contributed by atoms with Gasteiger partial charge in [-0.3, -0.25) is 4.79 Å². The van der Waals surface area contributed by atoms with Crippen LogP contribution >= 0.6 is 23.4 Å². The number of amides is 1. The summed E-state index contributed by atoms with van der Waals surface area (Å²) in [6, 6.07) is 17.7. The maximum atomic E-state index is 12.2. The Morgan fingerprint density at radius 2 is 1.75 bits per heavy atom. The van der Waals surface area contributed by atoms with E-state index in [9.17, 15) is 4.79 Å². The van der Waals surface area contributed by atoms with Gasteiger partial charge in [0.25, 0.3) is 0 Å². The highest BCUT2D eigenvalue weighted by Gasteiger charge is 2.20. The van der Waals surface area contributed by atoms with Gasteiger partial charge in [0, 0.05) is 31.9 Å². The van der Waals surface area contributed by atoms with Crippen LogP contribution in [0.3, 0.4) is 0 Å². The quantitative estimate of drug-likeness (QED) is 0.525. The van der Waals surface area contributed by atoms with Crippen LogP contribution in [0.2, 0.25) is 5.02 Å². The Labute approximate surface area is 198 Å². The van der Waals surface area contributed by atoms with Crippen molar-refractivity contribution in [2.24, 2.45) is 0 Å². The Hall–Kier alpha value is -2.77. The predicted molar refractivity (Wildman–Crippen MR) is 133 cm³/mol. The Morgan fingerprint density at radius 1 is 1.00 bits per heavy atom. The fourth-order valence-electron chi connectivity index (χ4n) is 3.68. The summed E-state index contributed by atoms with van der Waals surface area (Å²) in [4.78, 5) is 16.9. The van der Waals surface area contributed by atoms with Gasteiger partial charge in [0.2, 0.25) is 5.91 Å². The second kappa shape index (κ2) is 10.2. The summed E-state index contributed by atoms with van der Waals surface area (Å²) in [5.74, 6) is 0.986. The van der Waals surface area contributed by atoms with E-state index in [0.717, 1.165) is 37.0 Å². The Morgan fingerprint density at radius 3 is 2.47 bits per heavy atom. The van der Waals surface area contributed by atoms with Gasteiger partial charge >= 0.3 is 0 Å². The number of thioether (sulfide) groups is 1. The molecule has 32 heavy (non-hydrogen) atoms. The molecule has 2 heterocycles. The van der Waals surface area contributed by atoms with E-state index in [1.54, 1.807) is 12.1 Å². The normalized spacial score (nSPS) is 13.8. The van der Waals surface area contributed by atoms with Gasteiger partial charge in [-0.25, -0.2) is 0 Å². The van der Waals surface area contributed by atoms with Gasteiger partial charge in [-0.05, 0) is 55.3 Å². The van der Waals surface area contributed by atoms with Crippen molar-refractivity contribution >= 4 is 46.5 Å². The lowest BCUT2D eigenvalue weighted by atomic mass is 10.1. The molecule has 1 aliphatic rings. The molecular formula is C24H26ClN5OS. The molecular weight excluding hydrogens is 442 g/mol. The van der Waals surface area contributed by atoms with Crippen LogP contribution in [0.4, 0.5) is 17.2 Å². The number of carbonyl (C=O) groups excluding carboxylic acids is 1. The summed E-state index contributed by atoms with van der Waals surface area (Å²) in [5, 5.41) is 12.8. The molecule has 0 saturated carbocycles. The van der Waals surface area contributed by atoms with E-state index < -0.39 is 0 Å². The molecule has 4 rings (SSSR count). The molecule has 8 heteroatoms. The number of aryl methyl sites for hydroxylation is 2. The van der Waals surface area contributed by atoms with Gasteiger partial charge in [0.05, 0.1) is 16.5 Å². The minimum atomic E-state index is -0.128. The first-order valence-electron chi connectivity index (χ1n) is 10.6. The minimum absolute atomic E-state index is 0.128. The van der Waals surface area contributed by atoms with E-state index in [2.05, 4.69) is 57.4 Å². The molecule has 6 nitrogen and oxygen atoms in total. The molecule has 1 amide bonds. The molecule has 1 N–H and O–H groups in total. The first kappa shape index (κ1) is 22.4. The number of para-hydroxylation sites is 1. The average Bonchev–Trinajstić information content (AvgIpc) is 2.81. The van der Waals surface area contributed by atoms with Crippen molar-refractivity contribution in [1.29, 1.82) is 0 Å². The van der Waals surface area contributed by atoms with Crippen molar-refractivity contribution in [3.8, 4) is 0 Å². The van der Waals surface area contributed by atoms with E-state index in [0.29, 0.717) is 10.7 Å². The molecule has 0 spiro atoms. The molecule has 166 valence electrons. The van der Waals surface area contributed by atoms with Gasteiger partial charge in [0.15, 0.2) is 5.82 Å². The number of halogens is 1. The zero-order valence-electron chi connectivity index (χ0n) is 18.2. The number of nitrogens with zero attached hydrogens (tertiary/aromatic N) is 4. The summed E-state index contributed by atoms with van der Waals surface area (Å²) < 4.78 is 0. The third kappa shape index (κ3) is 5.53. The summed E-state index contributed by atoms with van der Waals surface area (Å²) in [7, 11) is 0. The minimum Gasteiger partial charge on any atom is -0.368 e.